The van der Waals surface area contributed by atoms with Crippen molar-refractivity contribution in [2.75, 3.05) is 12.4 Å². The maximum absolute atomic E-state index is 12.5. The molecule has 0 spiro atoms. The smallest absolute Gasteiger partial charge is 0.250 e. The Morgan fingerprint density at radius 1 is 1.11 bits per heavy atom. The zero-order valence-corrected chi connectivity index (χ0v) is 21.6. The van der Waals surface area contributed by atoms with Crippen LogP contribution >= 0.6 is 27.7 Å². The highest BCUT2D eigenvalue weighted by Crippen LogP contribution is 2.28. The van der Waals surface area contributed by atoms with Gasteiger partial charge >= 0.3 is 0 Å². The molecule has 1 amide bonds. The average Bonchev–Trinajstić information content (AvgIpc) is 3.31. The lowest BCUT2D eigenvalue weighted by Gasteiger charge is -2.11. The third-order valence-electron chi connectivity index (χ3n) is 4.90. The molecule has 0 aliphatic heterocycles. The van der Waals surface area contributed by atoms with Crippen LogP contribution in [0.5, 0.6) is 5.75 Å². The SMILES string of the molecule is CCOc1ccc(-n2c(SCC(=O)N/N=C(\C)c3ccc(Br)cc3)nnc2-c2cccnc2)cc1. The molecule has 0 fully saturated rings. The number of hydrogen-bond donors (Lipinski definition) is 1. The summed E-state index contributed by atoms with van der Waals surface area (Å²) in [5.74, 6) is 1.30. The van der Waals surface area contributed by atoms with Gasteiger partial charge in [0.25, 0.3) is 5.91 Å². The summed E-state index contributed by atoms with van der Waals surface area (Å²) >= 11 is 4.69. The van der Waals surface area contributed by atoms with Crippen LogP contribution in [0, 0.1) is 0 Å². The molecule has 10 heteroatoms. The second-order valence-corrected chi connectivity index (χ2v) is 9.20. The predicted molar refractivity (Wildman–Crippen MR) is 141 cm³/mol. The molecule has 1 N–H and O–H groups in total. The Balaban J connectivity index is 1.52. The number of hydrogen-bond acceptors (Lipinski definition) is 7. The van der Waals surface area contributed by atoms with Crippen LogP contribution in [-0.4, -0.2) is 43.7 Å². The number of aromatic nitrogens is 4. The predicted octanol–water partition coefficient (Wildman–Crippen LogP) is 5.12. The van der Waals surface area contributed by atoms with Gasteiger partial charge in [0, 0.05) is 28.1 Å². The summed E-state index contributed by atoms with van der Waals surface area (Å²) in [5, 5.41) is 13.5. The van der Waals surface area contributed by atoms with Gasteiger partial charge in [-0.15, -0.1) is 10.2 Å². The van der Waals surface area contributed by atoms with Crippen molar-refractivity contribution < 1.29 is 9.53 Å². The van der Waals surface area contributed by atoms with E-state index in [4.69, 9.17) is 4.74 Å². The van der Waals surface area contributed by atoms with Gasteiger partial charge in [0.05, 0.1) is 18.1 Å². The zero-order chi connectivity index (χ0) is 24.6. The summed E-state index contributed by atoms with van der Waals surface area (Å²) in [6, 6.07) is 19.2. The molecule has 2 heterocycles. The number of nitrogens with one attached hydrogen (secondary N) is 1. The van der Waals surface area contributed by atoms with E-state index >= 15 is 0 Å². The Kier molecular flexibility index (Phi) is 8.27. The molecule has 178 valence electrons. The fourth-order valence-electron chi connectivity index (χ4n) is 3.20. The fraction of sp³-hybridized carbons (Fsp3) is 0.160. The van der Waals surface area contributed by atoms with Gasteiger partial charge in [-0.1, -0.05) is 39.8 Å². The van der Waals surface area contributed by atoms with Gasteiger partial charge in [-0.2, -0.15) is 5.10 Å². The molecule has 0 saturated heterocycles. The largest absolute Gasteiger partial charge is 0.494 e. The second kappa shape index (κ2) is 11.8. The first-order valence-corrected chi connectivity index (χ1v) is 12.6. The highest BCUT2D eigenvalue weighted by Gasteiger charge is 2.17. The monoisotopic (exact) mass is 550 g/mol. The molecular formula is C25H23BrN6O2S. The van der Waals surface area contributed by atoms with E-state index in [1.165, 1.54) is 11.8 Å². The first-order chi connectivity index (χ1) is 17.0. The van der Waals surface area contributed by atoms with E-state index < -0.39 is 0 Å². The first kappa shape index (κ1) is 24.6. The van der Waals surface area contributed by atoms with Gasteiger partial charge in [0.1, 0.15) is 5.75 Å². The van der Waals surface area contributed by atoms with Crippen LogP contribution in [0.2, 0.25) is 0 Å². The van der Waals surface area contributed by atoms with Gasteiger partial charge in [0.15, 0.2) is 11.0 Å². The molecule has 2 aromatic carbocycles. The Morgan fingerprint density at radius 2 is 1.89 bits per heavy atom. The van der Waals surface area contributed by atoms with Crippen molar-refractivity contribution in [1.29, 1.82) is 0 Å². The van der Waals surface area contributed by atoms with Crippen LogP contribution in [0.3, 0.4) is 0 Å². The van der Waals surface area contributed by atoms with Crippen LogP contribution in [0.15, 0.2) is 87.8 Å². The number of benzene rings is 2. The van der Waals surface area contributed by atoms with E-state index in [-0.39, 0.29) is 11.7 Å². The quantitative estimate of drug-likeness (QED) is 0.176. The van der Waals surface area contributed by atoms with Gasteiger partial charge in [-0.25, -0.2) is 5.43 Å². The molecule has 0 atom stereocenters. The lowest BCUT2D eigenvalue weighted by molar-refractivity contribution is -0.118. The van der Waals surface area contributed by atoms with E-state index in [1.807, 2.05) is 79.1 Å². The Morgan fingerprint density at radius 3 is 2.57 bits per heavy atom. The van der Waals surface area contributed by atoms with Crippen molar-refractivity contribution in [1.82, 2.24) is 25.2 Å². The molecule has 0 aliphatic carbocycles. The second-order valence-electron chi connectivity index (χ2n) is 7.34. The Hall–Kier alpha value is -3.50. The standard InChI is InChI=1S/C25H23BrN6O2S/c1-3-34-22-12-10-21(11-13-22)32-24(19-5-4-14-27-15-19)30-31-25(32)35-16-23(33)29-28-17(2)18-6-8-20(26)9-7-18/h4-15H,3,16H2,1-2H3,(H,29,33)/b28-17+. The molecule has 8 nitrogen and oxygen atoms in total. The summed E-state index contributed by atoms with van der Waals surface area (Å²) in [6.45, 7) is 4.38. The summed E-state index contributed by atoms with van der Waals surface area (Å²) in [5.41, 5.74) is 5.93. The van der Waals surface area contributed by atoms with Crippen molar-refractivity contribution in [3.63, 3.8) is 0 Å². The number of carbonyl (C=O) groups is 1. The summed E-state index contributed by atoms with van der Waals surface area (Å²) < 4.78 is 8.45. The minimum absolute atomic E-state index is 0.124. The Bertz CT molecular complexity index is 1310. The normalized spacial score (nSPS) is 11.3. The van der Waals surface area contributed by atoms with E-state index in [2.05, 4.69) is 41.6 Å². The maximum atomic E-state index is 12.5. The lowest BCUT2D eigenvalue weighted by atomic mass is 10.1. The number of nitrogens with zero attached hydrogens (tertiary/aromatic N) is 5. The Labute approximate surface area is 216 Å². The van der Waals surface area contributed by atoms with E-state index in [9.17, 15) is 4.79 Å². The third kappa shape index (κ3) is 6.34. The molecule has 0 bridgehead atoms. The van der Waals surface area contributed by atoms with Gasteiger partial charge in [-0.3, -0.25) is 14.3 Å². The molecule has 2 aromatic heterocycles. The van der Waals surface area contributed by atoms with Gasteiger partial charge in [-0.05, 0) is 67.9 Å². The van der Waals surface area contributed by atoms with Crippen molar-refractivity contribution in [3.05, 3.63) is 83.1 Å². The van der Waals surface area contributed by atoms with Crippen molar-refractivity contribution in [2.45, 2.75) is 19.0 Å². The van der Waals surface area contributed by atoms with E-state index in [1.54, 1.807) is 12.4 Å². The zero-order valence-electron chi connectivity index (χ0n) is 19.2. The highest BCUT2D eigenvalue weighted by molar-refractivity contribution is 9.10. The average molecular weight is 551 g/mol. The number of ether oxygens (including phenoxy) is 1. The van der Waals surface area contributed by atoms with E-state index in [0.717, 1.165) is 27.0 Å². The fourth-order valence-corrected chi connectivity index (χ4v) is 4.21. The highest BCUT2D eigenvalue weighted by atomic mass is 79.9. The van der Waals surface area contributed by atoms with Crippen molar-refractivity contribution in [3.8, 4) is 22.8 Å². The molecular weight excluding hydrogens is 528 g/mol. The minimum atomic E-state index is -0.240. The van der Waals surface area contributed by atoms with Gasteiger partial charge in [0.2, 0.25) is 0 Å². The summed E-state index contributed by atoms with van der Waals surface area (Å²) in [7, 11) is 0. The molecule has 35 heavy (non-hydrogen) atoms. The van der Waals surface area contributed by atoms with Crippen LogP contribution < -0.4 is 10.2 Å². The molecule has 4 aromatic rings. The van der Waals surface area contributed by atoms with Crippen LogP contribution in [0.25, 0.3) is 17.1 Å². The number of amides is 1. The molecule has 4 rings (SSSR count). The maximum Gasteiger partial charge on any atom is 0.250 e. The number of thioether (sulfide) groups is 1. The van der Waals surface area contributed by atoms with Crippen molar-refractivity contribution >= 4 is 39.3 Å². The van der Waals surface area contributed by atoms with Crippen LogP contribution in [-0.2, 0) is 4.79 Å². The molecule has 0 unspecified atom stereocenters. The molecule has 0 aliphatic rings. The lowest BCUT2D eigenvalue weighted by Crippen LogP contribution is -2.21. The summed E-state index contributed by atoms with van der Waals surface area (Å²) in [6.07, 6.45) is 3.44. The first-order valence-electron chi connectivity index (χ1n) is 10.9. The van der Waals surface area contributed by atoms with E-state index in [0.29, 0.717) is 23.3 Å². The topological polar surface area (TPSA) is 94.3 Å². The summed E-state index contributed by atoms with van der Waals surface area (Å²) in [4.78, 5) is 16.7. The number of carbonyl (C=O) groups excluding carboxylic acids is 1. The van der Waals surface area contributed by atoms with Crippen molar-refractivity contribution in [2.24, 2.45) is 5.10 Å². The van der Waals surface area contributed by atoms with Crippen LogP contribution in [0.4, 0.5) is 0 Å². The molecule has 0 radical (unpaired) electrons. The van der Waals surface area contributed by atoms with Gasteiger partial charge < -0.3 is 4.74 Å². The molecule has 0 saturated carbocycles. The number of rotatable bonds is 9. The van der Waals surface area contributed by atoms with Crippen LogP contribution in [0.1, 0.15) is 19.4 Å². The minimum Gasteiger partial charge on any atom is -0.494 e. The third-order valence-corrected chi connectivity index (χ3v) is 6.36. The number of pyridine rings is 1. The number of halogens is 1. The number of hydrazone groups is 1.